The number of piperidine rings is 2. The van der Waals surface area contributed by atoms with Crippen molar-refractivity contribution in [3.63, 3.8) is 0 Å². The molecule has 0 bridgehead atoms. The van der Waals surface area contributed by atoms with Crippen molar-refractivity contribution in [1.82, 2.24) is 15.5 Å². The fourth-order valence-electron chi connectivity index (χ4n) is 3.38. The van der Waals surface area contributed by atoms with E-state index >= 15 is 0 Å². The van der Waals surface area contributed by atoms with Crippen molar-refractivity contribution >= 4 is 18.3 Å². The van der Waals surface area contributed by atoms with Crippen molar-refractivity contribution in [2.45, 2.75) is 71.0 Å². The number of rotatable bonds is 2. The predicted molar refractivity (Wildman–Crippen MR) is 89.9 cm³/mol. The minimum atomic E-state index is 0. The van der Waals surface area contributed by atoms with Gasteiger partial charge in [0.15, 0.2) is 0 Å². The number of likely N-dealkylation sites (tertiary alicyclic amines) is 1. The Hall–Kier alpha value is -0.320. The van der Waals surface area contributed by atoms with Gasteiger partial charge in [-0.15, -0.1) is 12.4 Å². The van der Waals surface area contributed by atoms with Gasteiger partial charge in [0, 0.05) is 36.6 Å². The van der Waals surface area contributed by atoms with Gasteiger partial charge in [-0.3, -0.25) is 9.69 Å². The molecule has 0 unspecified atom stereocenters. The lowest BCUT2D eigenvalue weighted by atomic mass is 9.91. The molecule has 2 saturated heterocycles. The van der Waals surface area contributed by atoms with Crippen LogP contribution in [0, 0.1) is 5.92 Å². The third-order valence-corrected chi connectivity index (χ3v) is 4.78. The van der Waals surface area contributed by atoms with Gasteiger partial charge in [0.05, 0.1) is 0 Å². The first-order valence-corrected chi connectivity index (χ1v) is 8.15. The summed E-state index contributed by atoms with van der Waals surface area (Å²) < 4.78 is 0. The Labute approximate surface area is 135 Å². The highest BCUT2D eigenvalue weighted by atomic mass is 35.5. The minimum absolute atomic E-state index is 0. The maximum atomic E-state index is 12.3. The average molecular weight is 318 g/mol. The molecule has 0 spiro atoms. The van der Waals surface area contributed by atoms with Crippen LogP contribution in [0.15, 0.2) is 0 Å². The van der Waals surface area contributed by atoms with Gasteiger partial charge in [-0.1, -0.05) is 0 Å². The first-order chi connectivity index (χ1) is 9.36. The molecule has 0 aliphatic carbocycles. The van der Waals surface area contributed by atoms with E-state index in [1.165, 1.54) is 0 Å². The molecule has 0 aromatic rings. The summed E-state index contributed by atoms with van der Waals surface area (Å²) in [4.78, 5) is 14.9. The van der Waals surface area contributed by atoms with E-state index in [4.69, 9.17) is 0 Å². The van der Waals surface area contributed by atoms with E-state index in [2.05, 4.69) is 43.2 Å². The zero-order valence-corrected chi connectivity index (χ0v) is 14.8. The molecule has 2 heterocycles. The van der Waals surface area contributed by atoms with E-state index in [0.29, 0.717) is 12.1 Å². The summed E-state index contributed by atoms with van der Waals surface area (Å²) in [7, 11) is 0. The molecule has 0 aromatic carbocycles. The van der Waals surface area contributed by atoms with Gasteiger partial charge < -0.3 is 10.6 Å². The lowest BCUT2D eigenvalue weighted by Crippen LogP contribution is -2.52. The molecular formula is C16H32ClN3O. The van der Waals surface area contributed by atoms with Crippen LogP contribution in [0.25, 0.3) is 0 Å². The molecule has 5 heteroatoms. The smallest absolute Gasteiger partial charge is 0.223 e. The van der Waals surface area contributed by atoms with Crippen LogP contribution in [0.4, 0.5) is 0 Å². The molecular weight excluding hydrogens is 286 g/mol. The Morgan fingerprint density at radius 1 is 1.19 bits per heavy atom. The molecule has 21 heavy (non-hydrogen) atoms. The Morgan fingerprint density at radius 2 is 1.81 bits per heavy atom. The number of halogens is 1. The van der Waals surface area contributed by atoms with E-state index in [0.717, 1.165) is 45.3 Å². The standard InChI is InChI=1S/C16H31N3O.ClH/c1-12-11-13(5-8-17-12)15(20)18-14-6-9-19(10-7-14)16(2,3)4;/h12-14,17H,5-11H2,1-4H3,(H,18,20);1H/t12-,13-;/m0./s1. The lowest BCUT2D eigenvalue weighted by Gasteiger charge is -2.41. The van der Waals surface area contributed by atoms with E-state index in [1.807, 2.05) is 0 Å². The second-order valence-corrected chi connectivity index (χ2v) is 7.52. The number of nitrogens with zero attached hydrogens (tertiary/aromatic N) is 1. The van der Waals surface area contributed by atoms with Gasteiger partial charge >= 0.3 is 0 Å². The third kappa shape index (κ3) is 5.42. The van der Waals surface area contributed by atoms with Crippen molar-refractivity contribution in [3.05, 3.63) is 0 Å². The van der Waals surface area contributed by atoms with E-state index in [-0.39, 0.29) is 29.8 Å². The van der Waals surface area contributed by atoms with Crippen LogP contribution >= 0.6 is 12.4 Å². The fraction of sp³-hybridized carbons (Fsp3) is 0.938. The van der Waals surface area contributed by atoms with Crippen LogP contribution in [0.2, 0.25) is 0 Å². The summed E-state index contributed by atoms with van der Waals surface area (Å²) in [6.45, 7) is 12.1. The Balaban J connectivity index is 0.00000220. The molecule has 2 fully saturated rings. The van der Waals surface area contributed by atoms with E-state index in [9.17, 15) is 4.79 Å². The van der Waals surface area contributed by atoms with Gasteiger partial charge in [-0.05, 0) is 59.9 Å². The van der Waals surface area contributed by atoms with E-state index < -0.39 is 0 Å². The average Bonchev–Trinajstić information content (AvgIpc) is 2.38. The second kappa shape index (κ2) is 7.80. The molecule has 1 amide bonds. The number of hydrogen-bond donors (Lipinski definition) is 2. The molecule has 2 rings (SSSR count). The van der Waals surface area contributed by atoms with Crippen molar-refractivity contribution in [3.8, 4) is 0 Å². The van der Waals surface area contributed by atoms with Crippen molar-refractivity contribution in [2.24, 2.45) is 5.92 Å². The maximum absolute atomic E-state index is 12.3. The van der Waals surface area contributed by atoms with Crippen molar-refractivity contribution < 1.29 is 4.79 Å². The normalized spacial score (nSPS) is 28.8. The molecule has 2 N–H and O–H groups in total. The number of amides is 1. The van der Waals surface area contributed by atoms with Crippen LogP contribution in [0.1, 0.15) is 53.4 Å². The maximum Gasteiger partial charge on any atom is 0.223 e. The van der Waals surface area contributed by atoms with Crippen LogP contribution in [0.3, 0.4) is 0 Å². The molecule has 2 atom stereocenters. The molecule has 0 radical (unpaired) electrons. The zero-order valence-electron chi connectivity index (χ0n) is 13.9. The SMILES string of the molecule is C[C@H]1C[C@@H](C(=O)NC2CCN(C(C)(C)C)CC2)CCN1.Cl. The van der Waals surface area contributed by atoms with Gasteiger partial charge in [0.25, 0.3) is 0 Å². The number of hydrogen-bond acceptors (Lipinski definition) is 3. The summed E-state index contributed by atoms with van der Waals surface area (Å²) in [5.74, 6) is 0.499. The lowest BCUT2D eigenvalue weighted by molar-refractivity contribution is -0.127. The summed E-state index contributed by atoms with van der Waals surface area (Å²) in [6.07, 6.45) is 4.14. The molecule has 4 nitrogen and oxygen atoms in total. The summed E-state index contributed by atoms with van der Waals surface area (Å²) in [6, 6.07) is 0.855. The van der Waals surface area contributed by atoms with Crippen molar-refractivity contribution in [2.75, 3.05) is 19.6 Å². The number of carbonyl (C=O) groups excluding carboxylic acids is 1. The molecule has 2 aliphatic rings. The molecule has 124 valence electrons. The summed E-state index contributed by atoms with van der Waals surface area (Å²) >= 11 is 0. The molecule has 2 aliphatic heterocycles. The topological polar surface area (TPSA) is 44.4 Å². The Kier molecular flexibility index (Phi) is 6.95. The Morgan fingerprint density at radius 3 is 2.33 bits per heavy atom. The first-order valence-electron chi connectivity index (χ1n) is 8.15. The molecule has 0 saturated carbocycles. The summed E-state index contributed by atoms with van der Waals surface area (Å²) in [5.41, 5.74) is 0.249. The van der Waals surface area contributed by atoms with Gasteiger partial charge in [0.1, 0.15) is 0 Å². The van der Waals surface area contributed by atoms with Crippen LogP contribution in [-0.2, 0) is 4.79 Å². The number of nitrogens with one attached hydrogen (secondary N) is 2. The monoisotopic (exact) mass is 317 g/mol. The van der Waals surface area contributed by atoms with E-state index in [1.54, 1.807) is 0 Å². The van der Waals surface area contributed by atoms with Gasteiger partial charge in [0.2, 0.25) is 5.91 Å². The first kappa shape index (κ1) is 18.7. The highest BCUT2D eigenvalue weighted by molar-refractivity contribution is 5.85. The predicted octanol–water partition coefficient (Wildman–Crippen LogP) is 2.18. The van der Waals surface area contributed by atoms with Gasteiger partial charge in [-0.2, -0.15) is 0 Å². The highest BCUT2D eigenvalue weighted by Gasteiger charge is 2.30. The quantitative estimate of drug-likeness (QED) is 0.820. The van der Waals surface area contributed by atoms with Crippen LogP contribution < -0.4 is 10.6 Å². The third-order valence-electron chi connectivity index (χ3n) is 4.78. The zero-order chi connectivity index (χ0) is 14.8. The van der Waals surface area contributed by atoms with Crippen LogP contribution in [-0.4, -0.2) is 48.1 Å². The highest BCUT2D eigenvalue weighted by Crippen LogP contribution is 2.21. The fourth-order valence-corrected chi connectivity index (χ4v) is 3.38. The number of carbonyl (C=O) groups is 1. The molecule has 0 aromatic heterocycles. The van der Waals surface area contributed by atoms with Crippen LogP contribution in [0.5, 0.6) is 0 Å². The Bertz CT molecular complexity index is 335. The largest absolute Gasteiger partial charge is 0.353 e. The minimum Gasteiger partial charge on any atom is -0.353 e. The van der Waals surface area contributed by atoms with Crippen molar-refractivity contribution in [1.29, 1.82) is 0 Å². The second-order valence-electron chi connectivity index (χ2n) is 7.52. The summed E-state index contributed by atoms with van der Waals surface area (Å²) in [5, 5.41) is 6.69. The van der Waals surface area contributed by atoms with Gasteiger partial charge in [-0.25, -0.2) is 0 Å².